The van der Waals surface area contributed by atoms with Crippen molar-refractivity contribution in [3.63, 3.8) is 0 Å². The number of aliphatic hydroxyl groups is 1. The molecule has 1 atom stereocenters. The molecular formula is C14H24N2O. The first-order chi connectivity index (χ1) is 7.97. The van der Waals surface area contributed by atoms with Crippen LogP contribution in [0.4, 0.5) is 5.69 Å². The summed E-state index contributed by atoms with van der Waals surface area (Å²) in [5.41, 5.74) is 10.5. The predicted octanol–water partition coefficient (Wildman–Crippen LogP) is 1.76. The van der Waals surface area contributed by atoms with Crippen LogP contribution in [0.1, 0.15) is 23.1 Å². The molecule has 0 aliphatic heterocycles. The third kappa shape index (κ3) is 3.45. The van der Waals surface area contributed by atoms with Gasteiger partial charge in [-0.1, -0.05) is 6.07 Å². The Kier molecular flexibility index (Phi) is 4.97. The first kappa shape index (κ1) is 14.0. The Morgan fingerprint density at radius 3 is 2.47 bits per heavy atom. The number of likely N-dealkylation sites (N-methyl/N-ethyl adjacent to an activating group) is 1. The van der Waals surface area contributed by atoms with Crippen LogP contribution in [-0.2, 0) is 0 Å². The van der Waals surface area contributed by atoms with E-state index in [1.54, 1.807) is 0 Å². The highest BCUT2D eigenvalue weighted by molar-refractivity contribution is 5.57. The number of anilines is 1. The fourth-order valence-electron chi connectivity index (χ4n) is 2.05. The number of benzene rings is 1. The molecule has 1 aromatic rings. The number of aliphatic hydroxyl groups excluding tert-OH is 1. The van der Waals surface area contributed by atoms with Gasteiger partial charge in [0.05, 0.1) is 6.10 Å². The van der Waals surface area contributed by atoms with E-state index >= 15 is 0 Å². The van der Waals surface area contributed by atoms with Crippen molar-refractivity contribution in [1.82, 2.24) is 0 Å². The Morgan fingerprint density at radius 1 is 1.24 bits per heavy atom. The third-order valence-corrected chi connectivity index (χ3v) is 3.43. The van der Waals surface area contributed by atoms with E-state index in [1.807, 2.05) is 7.05 Å². The zero-order valence-corrected chi connectivity index (χ0v) is 11.3. The Balaban J connectivity index is 2.82. The van der Waals surface area contributed by atoms with Crippen molar-refractivity contribution < 1.29 is 5.11 Å². The molecule has 0 radical (unpaired) electrons. The summed E-state index contributed by atoms with van der Waals surface area (Å²) in [6.07, 6.45) is 0.292. The maximum absolute atomic E-state index is 9.77. The van der Waals surface area contributed by atoms with Gasteiger partial charge in [0.15, 0.2) is 0 Å². The van der Waals surface area contributed by atoms with Crippen LogP contribution in [0.15, 0.2) is 12.1 Å². The topological polar surface area (TPSA) is 49.5 Å². The Labute approximate surface area is 104 Å². The van der Waals surface area contributed by atoms with Crippen LogP contribution in [0.25, 0.3) is 0 Å². The van der Waals surface area contributed by atoms with Gasteiger partial charge in [-0.05, 0) is 56.5 Å². The minimum Gasteiger partial charge on any atom is -0.391 e. The minimum atomic E-state index is -0.356. The van der Waals surface area contributed by atoms with Crippen molar-refractivity contribution in [2.24, 2.45) is 5.73 Å². The highest BCUT2D eigenvalue weighted by Gasteiger charge is 2.11. The van der Waals surface area contributed by atoms with E-state index in [9.17, 15) is 5.11 Å². The molecule has 0 spiro atoms. The van der Waals surface area contributed by atoms with Crippen molar-refractivity contribution in [3.8, 4) is 0 Å². The highest BCUT2D eigenvalue weighted by Crippen LogP contribution is 2.24. The number of hydrogen-bond acceptors (Lipinski definition) is 3. The first-order valence-corrected chi connectivity index (χ1v) is 6.13. The zero-order valence-electron chi connectivity index (χ0n) is 11.3. The molecule has 1 rings (SSSR count). The van der Waals surface area contributed by atoms with E-state index in [0.29, 0.717) is 19.5 Å². The molecule has 0 bridgehead atoms. The monoisotopic (exact) mass is 236 g/mol. The fraction of sp³-hybridized carbons (Fsp3) is 0.571. The van der Waals surface area contributed by atoms with E-state index in [2.05, 4.69) is 37.8 Å². The standard InChI is InChI=1S/C14H24N2O/c1-10-5-6-14(12(3)11(10)2)16(4)9-13(17)7-8-15/h5-6,13,17H,7-9,15H2,1-4H3. The lowest BCUT2D eigenvalue weighted by Gasteiger charge is -2.25. The maximum Gasteiger partial charge on any atom is 0.0726 e. The Hall–Kier alpha value is -1.06. The van der Waals surface area contributed by atoms with Crippen LogP contribution < -0.4 is 10.6 Å². The second kappa shape index (κ2) is 6.03. The summed E-state index contributed by atoms with van der Waals surface area (Å²) < 4.78 is 0. The van der Waals surface area contributed by atoms with Crippen LogP contribution in [-0.4, -0.2) is 31.3 Å². The SMILES string of the molecule is Cc1ccc(N(C)CC(O)CCN)c(C)c1C. The summed E-state index contributed by atoms with van der Waals surface area (Å²) in [6.45, 7) is 7.54. The van der Waals surface area contributed by atoms with Gasteiger partial charge in [-0.3, -0.25) is 0 Å². The molecule has 0 fully saturated rings. The summed E-state index contributed by atoms with van der Waals surface area (Å²) in [5.74, 6) is 0. The van der Waals surface area contributed by atoms with E-state index < -0.39 is 0 Å². The molecule has 3 N–H and O–H groups in total. The average Bonchev–Trinajstić information content (AvgIpc) is 2.26. The number of rotatable bonds is 5. The highest BCUT2D eigenvalue weighted by atomic mass is 16.3. The third-order valence-electron chi connectivity index (χ3n) is 3.43. The largest absolute Gasteiger partial charge is 0.391 e. The molecule has 0 aromatic heterocycles. The molecule has 1 unspecified atom stereocenters. The number of hydrogen-bond donors (Lipinski definition) is 2. The molecule has 0 saturated heterocycles. The molecule has 0 aliphatic rings. The number of aryl methyl sites for hydroxylation is 1. The summed E-state index contributed by atoms with van der Waals surface area (Å²) in [7, 11) is 2.01. The van der Waals surface area contributed by atoms with Gasteiger partial charge < -0.3 is 15.7 Å². The first-order valence-electron chi connectivity index (χ1n) is 6.13. The number of nitrogens with two attached hydrogens (primary N) is 1. The van der Waals surface area contributed by atoms with Crippen LogP contribution in [0.5, 0.6) is 0 Å². The molecule has 3 heteroatoms. The molecule has 0 heterocycles. The maximum atomic E-state index is 9.77. The van der Waals surface area contributed by atoms with E-state index in [4.69, 9.17) is 5.73 Å². The molecule has 0 aliphatic carbocycles. The normalized spacial score (nSPS) is 12.6. The molecule has 0 amide bonds. The summed E-state index contributed by atoms with van der Waals surface area (Å²) >= 11 is 0. The van der Waals surface area contributed by atoms with Crippen LogP contribution >= 0.6 is 0 Å². The predicted molar refractivity (Wildman–Crippen MR) is 73.6 cm³/mol. The van der Waals surface area contributed by atoms with Gasteiger partial charge >= 0.3 is 0 Å². The van der Waals surface area contributed by atoms with E-state index in [-0.39, 0.29) is 6.10 Å². The lowest BCUT2D eigenvalue weighted by atomic mass is 10.0. The van der Waals surface area contributed by atoms with Crippen molar-refractivity contribution in [3.05, 3.63) is 28.8 Å². The van der Waals surface area contributed by atoms with Crippen LogP contribution in [0.2, 0.25) is 0 Å². The lowest BCUT2D eigenvalue weighted by molar-refractivity contribution is 0.174. The molecule has 3 nitrogen and oxygen atoms in total. The van der Waals surface area contributed by atoms with Crippen LogP contribution in [0, 0.1) is 20.8 Å². The van der Waals surface area contributed by atoms with Gasteiger partial charge in [-0.15, -0.1) is 0 Å². The van der Waals surface area contributed by atoms with Crippen molar-refractivity contribution in [2.75, 3.05) is 25.0 Å². The van der Waals surface area contributed by atoms with Gasteiger partial charge in [0, 0.05) is 19.3 Å². The second-order valence-electron chi connectivity index (χ2n) is 4.76. The van der Waals surface area contributed by atoms with E-state index in [1.165, 1.54) is 22.4 Å². The van der Waals surface area contributed by atoms with Crippen molar-refractivity contribution >= 4 is 5.69 Å². The quantitative estimate of drug-likeness (QED) is 0.819. The van der Waals surface area contributed by atoms with Crippen LogP contribution in [0.3, 0.4) is 0 Å². The van der Waals surface area contributed by atoms with Crippen molar-refractivity contribution in [1.29, 1.82) is 0 Å². The van der Waals surface area contributed by atoms with E-state index in [0.717, 1.165) is 0 Å². The molecule has 1 aromatic carbocycles. The van der Waals surface area contributed by atoms with Gasteiger partial charge in [0.1, 0.15) is 0 Å². The molecule has 0 saturated carbocycles. The minimum absolute atomic E-state index is 0.356. The summed E-state index contributed by atoms with van der Waals surface area (Å²) in [6, 6.07) is 4.25. The molecule has 17 heavy (non-hydrogen) atoms. The van der Waals surface area contributed by atoms with Gasteiger partial charge in [0.25, 0.3) is 0 Å². The summed E-state index contributed by atoms with van der Waals surface area (Å²) in [5, 5.41) is 9.77. The second-order valence-corrected chi connectivity index (χ2v) is 4.76. The van der Waals surface area contributed by atoms with Crippen molar-refractivity contribution in [2.45, 2.75) is 33.3 Å². The summed E-state index contributed by atoms with van der Waals surface area (Å²) in [4.78, 5) is 2.10. The van der Waals surface area contributed by atoms with Gasteiger partial charge in [-0.2, -0.15) is 0 Å². The average molecular weight is 236 g/mol. The fourth-order valence-corrected chi connectivity index (χ4v) is 2.05. The van der Waals surface area contributed by atoms with Gasteiger partial charge in [-0.25, -0.2) is 0 Å². The van der Waals surface area contributed by atoms with Gasteiger partial charge in [0.2, 0.25) is 0 Å². The Bertz CT molecular complexity index is 377. The zero-order chi connectivity index (χ0) is 13.0. The lowest BCUT2D eigenvalue weighted by Crippen LogP contribution is -2.31. The Morgan fingerprint density at radius 2 is 1.88 bits per heavy atom. The smallest absolute Gasteiger partial charge is 0.0726 e. The molecule has 96 valence electrons. The number of nitrogens with zero attached hydrogens (tertiary/aromatic N) is 1. The molecular weight excluding hydrogens is 212 g/mol.